The van der Waals surface area contributed by atoms with Crippen molar-refractivity contribution in [1.29, 1.82) is 0 Å². The molecule has 2 amide bonds. The average molecular weight is 686 g/mol. The molecule has 12 heteroatoms. The first-order valence-corrected chi connectivity index (χ1v) is 17.3. The van der Waals surface area contributed by atoms with E-state index in [0.29, 0.717) is 20.6 Å². The second-order valence-corrected chi connectivity index (χ2v) is 14.3. The van der Waals surface area contributed by atoms with E-state index in [1.165, 1.54) is 23.1 Å². The number of benzene rings is 3. The summed E-state index contributed by atoms with van der Waals surface area (Å²) in [5.74, 6) is -0.924. The lowest BCUT2D eigenvalue weighted by Crippen LogP contribution is -2.55. The number of nitrogens with zero attached hydrogens (tertiary/aromatic N) is 2. The molecule has 43 heavy (non-hydrogen) atoms. The lowest BCUT2D eigenvalue weighted by atomic mass is 9.94. The van der Waals surface area contributed by atoms with Crippen LogP contribution in [0.2, 0.25) is 20.1 Å². The van der Waals surface area contributed by atoms with Crippen molar-refractivity contribution >= 4 is 73.9 Å². The number of sulfonamides is 1. The number of anilines is 1. The molecule has 4 rings (SSSR count). The molecule has 1 saturated carbocycles. The standard InChI is InChI=1S/C31H33Cl4N3O4S/c1-43(41,42)38(28-15-14-24(33)18-27(28)35)20-30(39)37(19-22-12-13-23(32)17-26(22)34)29(16-21-8-4-2-5-9-21)31(40)36-25-10-6-3-7-11-25/h2,4-5,8-9,12-15,17-18,25,29H,3,6-7,10-11,16,19-20H2,1H3,(H,36,40). The molecular formula is C31H33Cl4N3O4S. The first kappa shape index (κ1) is 33.4. The van der Waals surface area contributed by atoms with Crippen LogP contribution in [0, 0.1) is 0 Å². The Hall–Kier alpha value is -2.49. The molecule has 1 aliphatic carbocycles. The van der Waals surface area contributed by atoms with Crippen LogP contribution < -0.4 is 9.62 Å². The van der Waals surface area contributed by atoms with Crippen molar-refractivity contribution in [3.63, 3.8) is 0 Å². The quantitative estimate of drug-likeness (QED) is 0.232. The van der Waals surface area contributed by atoms with Gasteiger partial charge in [-0.1, -0.05) is 102 Å². The first-order valence-electron chi connectivity index (χ1n) is 13.9. The maximum absolute atomic E-state index is 14.3. The van der Waals surface area contributed by atoms with E-state index < -0.39 is 28.5 Å². The minimum Gasteiger partial charge on any atom is -0.352 e. The van der Waals surface area contributed by atoms with E-state index in [0.717, 1.165) is 48.2 Å². The van der Waals surface area contributed by atoms with Crippen LogP contribution in [0.25, 0.3) is 0 Å². The van der Waals surface area contributed by atoms with Crippen molar-refractivity contribution in [2.45, 2.75) is 57.2 Å². The third-order valence-corrected chi connectivity index (χ3v) is 9.69. The number of halogens is 4. The second kappa shape index (κ2) is 15.0. The maximum Gasteiger partial charge on any atom is 0.244 e. The Balaban J connectivity index is 1.76. The smallest absolute Gasteiger partial charge is 0.244 e. The number of carbonyl (C=O) groups is 2. The predicted molar refractivity (Wildman–Crippen MR) is 175 cm³/mol. The Labute approximate surface area is 273 Å². The summed E-state index contributed by atoms with van der Waals surface area (Å²) >= 11 is 25.1. The molecule has 3 aromatic carbocycles. The number of rotatable bonds is 11. The predicted octanol–water partition coefficient (Wildman–Crippen LogP) is 7.16. The van der Waals surface area contributed by atoms with Gasteiger partial charge in [0.2, 0.25) is 21.8 Å². The zero-order valence-electron chi connectivity index (χ0n) is 23.6. The second-order valence-electron chi connectivity index (χ2n) is 10.7. The molecule has 230 valence electrons. The van der Waals surface area contributed by atoms with Crippen molar-refractivity contribution in [2.75, 3.05) is 17.1 Å². The highest BCUT2D eigenvalue weighted by Gasteiger charge is 2.34. The molecule has 3 aromatic rings. The van der Waals surface area contributed by atoms with Gasteiger partial charge in [-0.2, -0.15) is 0 Å². The van der Waals surface area contributed by atoms with Crippen molar-refractivity contribution in [3.8, 4) is 0 Å². The minimum atomic E-state index is -3.98. The van der Waals surface area contributed by atoms with Crippen LogP contribution in [0.3, 0.4) is 0 Å². The third kappa shape index (κ3) is 9.25. The van der Waals surface area contributed by atoms with Crippen molar-refractivity contribution in [3.05, 3.63) is 97.9 Å². The van der Waals surface area contributed by atoms with Gasteiger partial charge in [0.25, 0.3) is 0 Å². The summed E-state index contributed by atoms with van der Waals surface area (Å²) in [5, 5.41) is 4.27. The third-order valence-electron chi connectivity index (χ3n) is 7.44. The van der Waals surface area contributed by atoms with E-state index in [-0.39, 0.29) is 35.6 Å². The number of carbonyl (C=O) groups excluding carboxylic acids is 2. The summed E-state index contributed by atoms with van der Waals surface area (Å²) in [6.45, 7) is -0.663. The molecular weight excluding hydrogens is 652 g/mol. The fraction of sp³-hybridized carbons (Fsp3) is 0.355. The van der Waals surface area contributed by atoms with Crippen LogP contribution >= 0.6 is 46.4 Å². The summed E-state index contributed by atoms with van der Waals surface area (Å²) in [6.07, 6.45) is 6.06. The van der Waals surface area contributed by atoms with Crippen molar-refractivity contribution < 1.29 is 18.0 Å². The molecule has 0 heterocycles. The minimum absolute atomic E-state index is 0.00372. The Bertz CT molecular complexity index is 1550. The summed E-state index contributed by atoms with van der Waals surface area (Å²) in [5.41, 5.74) is 1.49. The highest BCUT2D eigenvalue weighted by atomic mass is 35.5. The van der Waals surface area contributed by atoms with Gasteiger partial charge >= 0.3 is 0 Å². The largest absolute Gasteiger partial charge is 0.352 e. The fourth-order valence-electron chi connectivity index (χ4n) is 5.21. The lowest BCUT2D eigenvalue weighted by Gasteiger charge is -2.35. The number of nitrogens with one attached hydrogen (secondary N) is 1. The Morgan fingerprint density at radius 1 is 0.884 bits per heavy atom. The molecule has 1 atom stereocenters. The van der Waals surface area contributed by atoms with E-state index >= 15 is 0 Å². The molecule has 0 bridgehead atoms. The van der Waals surface area contributed by atoms with E-state index in [1.54, 1.807) is 18.2 Å². The molecule has 0 aromatic heterocycles. The summed E-state index contributed by atoms with van der Waals surface area (Å²) in [6, 6.07) is 17.6. The fourth-order valence-corrected chi connectivity index (χ4v) is 7.10. The Morgan fingerprint density at radius 2 is 1.51 bits per heavy atom. The molecule has 0 aliphatic heterocycles. The summed E-state index contributed by atoms with van der Waals surface area (Å²) < 4.78 is 26.9. The molecule has 1 unspecified atom stereocenters. The first-order chi connectivity index (χ1) is 20.4. The van der Waals surface area contributed by atoms with E-state index in [9.17, 15) is 18.0 Å². The monoisotopic (exact) mass is 683 g/mol. The van der Waals surface area contributed by atoms with Gasteiger partial charge < -0.3 is 10.2 Å². The highest BCUT2D eigenvalue weighted by molar-refractivity contribution is 7.92. The SMILES string of the molecule is CS(=O)(=O)N(CC(=O)N(Cc1ccc(Cl)cc1Cl)C(Cc1ccccc1)C(=O)NC1CCCCC1)c1ccc(Cl)cc1Cl. The molecule has 0 spiro atoms. The zero-order chi connectivity index (χ0) is 31.1. The highest BCUT2D eigenvalue weighted by Crippen LogP contribution is 2.31. The van der Waals surface area contributed by atoms with E-state index in [4.69, 9.17) is 46.4 Å². The molecule has 1 N–H and O–H groups in total. The van der Waals surface area contributed by atoms with Gasteiger partial charge in [-0.15, -0.1) is 0 Å². The van der Waals surface area contributed by atoms with Crippen LogP contribution in [0.4, 0.5) is 5.69 Å². The van der Waals surface area contributed by atoms with Gasteiger partial charge in [0, 0.05) is 34.1 Å². The van der Waals surface area contributed by atoms with Gasteiger partial charge in [0.15, 0.2) is 0 Å². The Kier molecular flexibility index (Phi) is 11.6. The molecule has 7 nitrogen and oxygen atoms in total. The average Bonchev–Trinajstić information content (AvgIpc) is 2.95. The molecule has 0 radical (unpaired) electrons. The van der Waals surface area contributed by atoms with Gasteiger partial charge in [0.05, 0.1) is 17.0 Å². The molecule has 1 fully saturated rings. The summed E-state index contributed by atoms with van der Waals surface area (Å²) in [4.78, 5) is 29.7. The lowest BCUT2D eigenvalue weighted by molar-refractivity contribution is -0.140. The van der Waals surface area contributed by atoms with Crippen LogP contribution in [0.15, 0.2) is 66.7 Å². The normalized spacial score (nSPS) is 14.6. The number of hydrogen-bond acceptors (Lipinski definition) is 4. The molecule has 0 saturated heterocycles. The van der Waals surface area contributed by atoms with Crippen LogP contribution in [-0.2, 0) is 32.6 Å². The van der Waals surface area contributed by atoms with E-state index in [1.807, 2.05) is 30.3 Å². The van der Waals surface area contributed by atoms with Crippen LogP contribution in [-0.4, -0.2) is 50.0 Å². The van der Waals surface area contributed by atoms with Gasteiger partial charge in [-0.25, -0.2) is 8.42 Å². The van der Waals surface area contributed by atoms with Gasteiger partial charge in [0.1, 0.15) is 12.6 Å². The van der Waals surface area contributed by atoms with Crippen LogP contribution in [0.1, 0.15) is 43.2 Å². The maximum atomic E-state index is 14.3. The van der Waals surface area contributed by atoms with Gasteiger partial charge in [-0.05, 0) is 54.3 Å². The number of amides is 2. The topological polar surface area (TPSA) is 86.8 Å². The van der Waals surface area contributed by atoms with Crippen molar-refractivity contribution in [2.24, 2.45) is 0 Å². The van der Waals surface area contributed by atoms with Gasteiger partial charge in [-0.3, -0.25) is 13.9 Å². The van der Waals surface area contributed by atoms with E-state index in [2.05, 4.69) is 5.32 Å². The van der Waals surface area contributed by atoms with Crippen molar-refractivity contribution in [1.82, 2.24) is 10.2 Å². The zero-order valence-corrected chi connectivity index (χ0v) is 27.5. The number of hydrogen-bond donors (Lipinski definition) is 1. The molecule has 1 aliphatic rings. The summed E-state index contributed by atoms with van der Waals surface area (Å²) in [7, 11) is -3.98. The van der Waals surface area contributed by atoms with Crippen LogP contribution in [0.5, 0.6) is 0 Å². The Morgan fingerprint density at radius 3 is 2.12 bits per heavy atom.